The van der Waals surface area contributed by atoms with E-state index in [1.165, 1.54) is 17.4 Å². The van der Waals surface area contributed by atoms with Crippen LogP contribution in [0.3, 0.4) is 0 Å². The third-order valence-corrected chi connectivity index (χ3v) is 4.91. The molecule has 0 saturated carbocycles. The first-order valence-corrected chi connectivity index (χ1v) is 8.50. The van der Waals surface area contributed by atoms with Crippen molar-refractivity contribution in [1.29, 1.82) is 5.26 Å². The molecule has 0 unspecified atom stereocenters. The Bertz CT molecular complexity index is 819. The molecule has 0 spiro atoms. The molecule has 0 atom stereocenters. The van der Waals surface area contributed by atoms with E-state index in [0.717, 1.165) is 16.9 Å². The van der Waals surface area contributed by atoms with Gasteiger partial charge in [0.2, 0.25) is 5.91 Å². The van der Waals surface area contributed by atoms with Crippen molar-refractivity contribution in [2.45, 2.75) is 20.3 Å². The molecular formula is C17H14Cl2N2OS. The van der Waals surface area contributed by atoms with Gasteiger partial charge in [0, 0.05) is 21.0 Å². The molecule has 1 amide bonds. The lowest BCUT2D eigenvalue weighted by atomic mass is 10.1. The average molecular weight is 365 g/mol. The van der Waals surface area contributed by atoms with Gasteiger partial charge in [-0.25, -0.2) is 0 Å². The predicted octanol–water partition coefficient (Wildman–Crippen LogP) is 5.45. The Morgan fingerprint density at radius 3 is 2.78 bits per heavy atom. The summed E-state index contributed by atoms with van der Waals surface area (Å²) in [6.45, 7) is 3.94. The minimum Gasteiger partial charge on any atom is -0.313 e. The molecular weight excluding hydrogens is 351 g/mol. The van der Waals surface area contributed by atoms with Gasteiger partial charge in [-0.05, 0) is 42.7 Å². The van der Waals surface area contributed by atoms with Crippen molar-refractivity contribution >= 4 is 51.5 Å². The topological polar surface area (TPSA) is 52.9 Å². The maximum absolute atomic E-state index is 12.1. The van der Waals surface area contributed by atoms with Crippen LogP contribution in [-0.2, 0) is 11.2 Å². The molecule has 3 nitrogen and oxygen atoms in total. The van der Waals surface area contributed by atoms with E-state index in [0.29, 0.717) is 26.2 Å². The molecule has 1 N–H and O–H groups in total. The summed E-state index contributed by atoms with van der Waals surface area (Å²) in [5.74, 6) is -0.309. The molecule has 23 heavy (non-hydrogen) atoms. The van der Waals surface area contributed by atoms with Crippen molar-refractivity contribution in [3.8, 4) is 6.07 Å². The zero-order valence-corrected chi connectivity index (χ0v) is 14.9. The average Bonchev–Trinajstić information content (AvgIpc) is 2.80. The lowest BCUT2D eigenvalue weighted by Crippen LogP contribution is -2.07. The van der Waals surface area contributed by atoms with Crippen molar-refractivity contribution < 1.29 is 4.79 Å². The first kappa shape index (κ1) is 17.6. The largest absolute Gasteiger partial charge is 0.313 e. The van der Waals surface area contributed by atoms with E-state index in [1.807, 2.05) is 13.8 Å². The Morgan fingerprint density at radius 1 is 1.43 bits per heavy atom. The fraction of sp³-hybridized carbons (Fsp3) is 0.176. The van der Waals surface area contributed by atoms with Gasteiger partial charge >= 0.3 is 0 Å². The molecule has 0 bridgehead atoms. The van der Waals surface area contributed by atoms with Crippen LogP contribution in [0.2, 0.25) is 10.0 Å². The second kappa shape index (κ2) is 7.65. The highest BCUT2D eigenvalue weighted by molar-refractivity contribution is 7.16. The quantitative estimate of drug-likeness (QED) is 0.733. The van der Waals surface area contributed by atoms with Gasteiger partial charge in [-0.15, -0.1) is 11.3 Å². The van der Waals surface area contributed by atoms with E-state index in [2.05, 4.69) is 11.4 Å². The fourth-order valence-corrected chi connectivity index (χ4v) is 3.74. The van der Waals surface area contributed by atoms with Gasteiger partial charge in [-0.2, -0.15) is 5.26 Å². The molecule has 1 aromatic carbocycles. The number of benzene rings is 1. The minimum atomic E-state index is -0.309. The van der Waals surface area contributed by atoms with Crippen LogP contribution < -0.4 is 5.32 Å². The molecule has 2 rings (SSSR count). The Balaban J connectivity index is 2.17. The molecule has 2 aromatic rings. The molecule has 118 valence electrons. The number of hydrogen-bond acceptors (Lipinski definition) is 3. The van der Waals surface area contributed by atoms with Crippen LogP contribution in [0.4, 0.5) is 5.00 Å². The number of thiophene rings is 1. The van der Waals surface area contributed by atoms with Crippen molar-refractivity contribution in [3.63, 3.8) is 0 Å². The number of rotatable bonds is 4. The summed E-state index contributed by atoms with van der Waals surface area (Å²) in [4.78, 5) is 13.1. The number of nitriles is 1. The standard InChI is InChI=1S/C17H14Cl2N2OS/c1-3-13-10(2)23-17(14(13)9-20)21-16(22)7-5-11-4-6-12(18)8-15(11)19/h4-8H,3H2,1-2H3,(H,21,22). The fourth-order valence-electron chi connectivity index (χ4n) is 2.17. The molecule has 0 aliphatic heterocycles. The van der Waals surface area contributed by atoms with Crippen molar-refractivity contribution in [1.82, 2.24) is 0 Å². The van der Waals surface area contributed by atoms with Crippen LogP contribution >= 0.6 is 34.5 Å². The van der Waals surface area contributed by atoms with Crippen molar-refractivity contribution in [3.05, 3.63) is 55.9 Å². The molecule has 6 heteroatoms. The van der Waals surface area contributed by atoms with Gasteiger partial charge in [0.15, 0.2) is 0 Å². The molecule has 0 aliphatic carbocycles. The Labute approximate surface area is 149 Å². The summed E-state index contributed by atoms with van der Waals surface area (Å²) in [6, 6.07) is 7.22. The number of carbonyl (C=O) groups excluding carboxylic acids is 1. The summed E-state index contributed by atoms with van der Waals surface area (Å²) < 4.78 is 0. The second-order valence-electron chi connectivity index (χ2n) is 4.79. The molecule has 0 aliphatic rings. The Hall–Kier alpha value is -1.80. The smallest absolute Gasteiger partial charge is 0.249 e. The number of nitrogens with one attached hydrogen (secondary N) is 1. The van der Waals surface area contributed by atoms with Crippen molar-refractivity contribution in [2.24, 2.45) is 0 Å². The first-order chi connectivity index (χ1) is 11.0. The highest BCUT2D eigenvalue weighted by atomic mass is 35.5. The lowest BCUT2D eigenvalue weighted by molar-refractivity contribution is -0.111. The lowest BCUT2D eigenvalue weighted by Gasteiger charge is -2.01. The van der Waals surface area contributed by atoms with Gasteiger partial charge in [-0.1, -0.05) is 36.2 Å². The zero-order chi connectivity index (χ0) is 17.0. The third kappa shape index (κ3) is 4.14. The van der Waals surface area contributed by atoms with E-state index in [-0.39, 0.29) is 5.91 Å². The van der Waals surface area contributed by atoms with E-state index in [1.54, 1.807) is 24.3 Å². The maximum Gasteiger partial charge on any atom is 0.249 e. The van der Waals surface area contributed by atoms with Crippen LogP contribution in [0.1, 0.15) is 28.5 Å². The highest BCUT2D eigenvalue weighted by Gasteiger charge is 2.15. The van der Waals surface area contributed by atoms with E-state index >= 15 is 0 Å². The monoisotopic (exact) mass is 364 g/mol. The Kier molecular flexibility index (Phi) is 5.84. The zero-order valence-electron chi connectivity index (χ0n) is 12.6. The number of anilines is 1. The minimum absolute atomic E-state index is 0.309. The highest BCUT2D eigenvalue weighted by Crippen LogP contribution is 2.32. The summed E-state index contributed by atoms with van der Waals surface area (Å²) in [5, 5.41) is 13.6. The maximum atomic E-state index is 12.1. The summed E-state index contributed by atoms with van der Waals surface area (Å²) in [7, 11) is 0. The van der Waals surface area contributed by atoms with Gasteiger partial charge in [0.25, 0.3) is 0 Å². The molecule has 1 heterocycles. The summed E-state index contributed by atoms with van der Waals surface area (Å²) >= 11 is 13.3. The number of aryl methyl sites for hydroxylation is 1. The van der Waals surface area contributed by atoms with Gasteiger partial charge in [0.1, 0.15) is 11.1 Å². The van der Waals surface area contributed by atoms with Gasteiger partial charge in [0.05, 0.1) is 5.56 Å². The molecule has 1 aromatic heterocycles. The summed E-state index contributed by atoms with van der Waals surface area (Å²) in [6.07, 6.45) is 3.76. The normalized spacial score (nSPS) is 10.7. The van der Waals surface area contributed by atoms with Gasteiger partial charge < -0.3 is 5.32 Å². The van der Waals surface area contributed by atoms with Crippen LogP contribution in [0.25, 0.3) is 6.08 Å². The van der Waals surface area contributed by atoms with Crippen LogP contribution in [0, 0.1) is 18.3 Å². The van der Waals surface area contributed by atoms with E-state index in [4.69, 9.17) is 23.2 Å². The van der Waals surface area contributed by atoms with Crippen LogP contribution in [0.5, 0.6) is 0 Å². The number of amides is 1. The predicted molar refractivity (Wildman–Crippen MR) is 97.3 cm³/mol. The first-order valence-electron chi connectivity index (χ1n) is 6.92. The number of carbonyl (C=O) groups is 1. The Morgan fingerprint density at radius 2 is 2.17 bits per heavy atom. The second-order valence-corrected chi connectivity index (χ2v) is 6.86. The number of nitrogens with zero attached hydrogens (tertiary/aromatic N) is 1. The third-order valence-electron chi connectivity index (χ3n) is 3.29. The van der Waals surface area contributed by atoms with E-state index < -0.39 is 0 Å². The van der Waals surface area contributed by atoms with E-state index in [9.17, 15) is 10.1 Å². The van der Waals surface area contributed by atoms with Crippen LogP contribution in [0.15, 0.2) is 24.3 Å². The molecule has 0 saturated heterocycles. The van der Waals surface area contributed by atoms with Gasteiger partial charge in [-0.3, -0.25) is 4.79 Å². The number of hydrogen-bond donors (Lipinski definition) is 1. The number of halogens is 2. The SMILES string of the molecule is CCc1c(C)sc(NC(=O)C=Cc2ccc(Cl)cc2Cl)c1C#N. The molecule has 0 radical (unpaired) electrons. The molecule has 0 fully saturated rings. The van der Waals surface area contributed by atoms with Crippen LogP contribution in [-0.4, -0.2) is 5.91 Å². The van der Waals surface area contributed by atoms with Crippen molar-refractivity contribution in [2.75, 3.05) is 5.32 Å². The summed E-state index contributed by atoms with van der Waals surface area (Å²) in [5.41, 5.74) is 2.22.